The van der Waals surface area contributed by atoms with Crippen LogP contribution in [0.25, 0.3) is 0 Å². The molecule has 0 aromatic heterocycles. The summed E-state index contributed by atoms with van der Waals surface area (Å²) in [5.74, 6) is -3.35. The van der Waals surface area contributed by atoms with Crippen LogP contribution in [0.5, 0.6) is 0 Å². The van der Waals surface area contributed by atoms with Gasteiger partial charge in [0.05, 0.1) is 11.5 Å². The highest BCUT2D eigenvalue weighted by Crippen LogP contribution is 2.27. The molecule has 0 heterocycles. The van der Waals surface area contributed by atoms with Crippen molar-refractivity contribution in [3.8, 4) is 0 Å². The van der Waals surface area contributed by atoms with E-state index in [0.717, 1.165) is 11.1 Å². The molecule has 31 heavy (non-hydrogen) atoms. The highest BCUT2D eigenvalue weighted by atomic mass is 35.5. The number of hydrogen-bond donors (Lipinski definition) is 2. The van der Waals surface area contributed by atoms with Crippen LogP contribution in [0.15, 0.2) is 66.7 Å². The Hall–Kier alpha value is -3.44. The lowest BCUT2D eigenvalue weighted by Crippen LogP contribution is -2.17. The Morgan fingerprint density at radius 3 is 2.16 bits per heavy atom. The second-order valence-electron chi connectivity index (χ2n) is 7.25. The third-order valence-corrected chi connectivity index (χ3v) is 5.62. The Morgan fingerprint density at radius 2 is 1.52 bits per heavy atom. The monoisotopic (exact) mass is 436 g/mol. The van der Waals surface area contributed by atoms with E-state index in [2.05, 4.69) is 0 Å². The molecular formula is C25H21ClO5. The highest BCUT2D eigenvalue weighted by molar-refractivity contribution is 6.30. The van der Waals surface area contributed by atoms with Crippen molar-refractivity contribution in [2.75, 3.05) is 0 Å². The van der Waals surface area contributed by atoms with Crippen molar-refractivity contribution in [1.29, 1.82) is 0 Å². The van der Waals surface area contributed by atoms with Gasteiger partial charge in [0.1, 0.15) is 0 Å². The minimum absolute atomic E-state index is 0.0155. The predicted octanol–water partition coefficient (Wildman–Crippen LogP) is 5.38. The highest BCUT2D eigenvalue weighted by Gasteiger charge is 2.25. The van der Waals surface area contributed by atoms with Crippen LogP contribution in [0.2, 0.25) is 5.02 Å². The molecule has 0 amide bonds. The first kappa shape index (κ1) is 22.2. The zero-order valence-electron chi connectivity index (χ0n) is 16.8. The molecule has 158 valence electrons. The maximum Gasteiger partial charge on any atom is 0.335 e. The largest absolute Gasteiger partial charge is 0.481 e. The van der Waals surface area contributed by atoms with Crippen molar-refractivity contribution in [1.82, 2.24) is 0 Å². The number of aryl methyl sites for hydroxylation is 1. The van der Waals surface area contributed by atoms with Gasteiger partial charge in [-0.3, -0.25) is 9.59 Å². The molecular weight excluding hydrogens is 416 g/mol. The summed E-state index contributed by atoms with van der Waals surface area (Å²) in [6, 6.07) is 18.2. The molecule has 0 fully saturated rings. The third-order valence-electron chi connectivity index (χ3n) is 5.36. The van der Waals surface area contributed by atoms with Crippen molar-refractivity contribution in [3.63, 3.8) is 0 Å². The van der Waals surface area contributed by atoms with Gasteiger partial charge >= 0.3 is 11.9 Å². The summed E-state index contributed by atoms with van der Waals surface area (Å²) in [5.41, 5.74) is 2.94. The lowest BCUT2D eigenvalue weighted by Gasteiger charge is -2.17. The van der Waals surface area contributed by atoms with Gasteiger partial charge in [0.2, 0.25) is 0 Å². The van der Waals surface area contributed by atoms with Crippen LogP contribution < -0.4 is 0 Å². The maximum absolute atomic E-state index is 12.9. The lowest BCUT2D eigenvalue weighted by molar-refractivity contribution is -0.139. The molecule has 0 radical (unpaired) electrons. The normalized spacial score (nSPS) is 11.7. The number of rotatable bonds is 8. The summed E-state index contributed by atoms with van der Waals surface area (Å²) < 4.78 is 0. The Balaban J connectivity index is 1.87. The SMILES string of the molecule is Cc1c(CCC(C(=O)O)c2ccccc2C(=O)O)cccc1C(=O)c1ccc(Cl)cc1. The average Bonchev–Trinajstić information content (AvgIpc) is 2.75. The van der Waals surface area contributed by atoms with E-state index < -0.39 is 17.9 Å². The van der Waals surface area contributed by atoms with Crippen molar-refractivity contribution in [3.05, 3.63) is 105 Å². The molecule has 3 aromatic rings. The number of benzene rings is 3. The van der Waals surface area contributed by atoms with Gasteiger partial charge in [-0.25, -0.2) is 4.79 Å². The summed E-state index contributed by atoms with van der Waals surface area (Å²) in [7, 11) is 0. The van der Waals surface area contributed by atoms with E-state index in [-0.39, 0.29) is 23.3 Å². The molecule has 0 aliphatic heterocycles. The number of hydrogen-bond acceptors (Lipinski definition) is 3. The molecule has 0 aliphatic rings. The summed E-state index contributed by atoms with van der Waals surface area (Å²) in [4.78, 5) is 36.3. The van der Waals surface area contributed by atoms with E-state index in [4.69, 9.17) is 11.6 Å². The second-order valence-corrected chi connectivity index (χ2v) is 7.68. The Kier molecular flexibility index (Phi) is 6.88. The number of halogens is 1. The number of carbonyl (C=O) groups is 3. The van der Waals surface area contributed by atoms with Crippen LogP contribution in [0.3, 0.4) is 0 Å². The van der Waals surface area contributed by atoms with E-state index in [0.29, 0.717) is 22.6 Å². The molecule has 0 aliphatic carbocycles. The van der Waals surface area contributed by atoms with Gasteiger partial charge in [0.25, 0.3) is 0 Å². The minimum Gasteiger partial charge on any atom is -0.481 e. The number of aliphatic carboxylic acids is 1. The minimum atomic E-state index is -1.16. The summed E-state index contributed by atoms with van der Waals surface area (Å²) in [5, 5.41) is 19.7. The van der Waals surface area contributed by atoms with Gasteiger partial charge in [0, 0.05) is 16.1 Å². The molecule has 1 atom stereocenters. The Labute approximate surface area is 184 Å². The molecule has 0 spiro atoms. The van der Waals surface area contributed by atoms with Gasteiger partial charge in [-0.2, -0.15) is 0 Å². The second kappa shape index (κ2) is 9.58. The molecule has 1 unspecified atom stereocenters. The molecule has 3 aromatic carbocycles. The van der Waals surface area contributed by atoms with Crippen LogP contribution in [-0.4, -0.2) is 27.9 Å². The van der Waals surface area contributed by atoms with E-state index in [9.17, 15) is 24.6 Å². The first-order chi connectivity index (χ1) is 14.8. The smallest absolute Gasteiger partial charge is 0.335 e. The molecule has 0 saturated carbocycles. The van der Waals surface area contributed by atoms with E-state index in [1.165, 1.54) is 12.1 Å². The summed E-state index contributed by atoms with van der Waals surface area (Å²) >= 11 is 5.90. The van der Waals surface area contributed by atoms with Crippen LogP contribution in [0, 0.1) is 6.92 Å². The zero-order valence-corrected chi connectivity index (χ0v) is 17.6. The maximum atomic E-state index is 12.9. The lowest BCUT2D eigenvalue weighted by atomic mass is 9.87. The summed E-state index contributed by atoms with van der Waals surface area (Å²) in [6.45, 7) is 1.83. The van der Waals surface area contributed by atoms with Crippen molar-refractivity contribution in [2.24, 2.45) is 0 Å². The Morgan fingerprint density at radius 1 is 0.871 bits per heavy atom. The van der Waals surface area contributed by atoms with Crippen LogP contribution in [0.1, 0.15) is 55.3 Å². The fourth-order valence-corrected chi connectivity index (χ4v) is 3.79. The fourth-order valence-electron chi connectivity index (χ4n) is 3.66. The molecule has 3 rings (SSSR count). The number of ketones is 1. The molecule has 0 saturated heterocycles. The fraction of sp³-hybridized carbons (Fsp3) is 0.160. The van der Waals surface area contributed by atoms with Crippen LogP contribution in [-0.2, 0) is 11.2 Å². The molecule has 5 nitrogen and oxygen atoms in total. The van der Waals surface area contributed by atoms with Gasteiger partial charge in [-0.15, -0.1) is 0 Å². The van der Waals surface area contributed by atoms with Crippen LogP contribution in [0.4, 0.5) is 0 Å². The zero-order chi connectivity index (χ0) is 22.5. The summed E-state index contributed by atoms with van der Waals surface area (Å²) in [6.07, 6.45) is 0.595. The van der Waals surface area contributed by atoms with Gasteiger partial charge in [-0.05, 0) is 66.8 Å². The van der Waals surface area contributed by atoms with E-state index in [1.54, 1.807) is 48.5 Å². The van der Waals surface area contributed by atoms with E-state index >= 15 is 0 Å². The quantitative estimate of drug-likeness (QED) is 0.462. The molecule has 6 heteroatoms. The number of aromatic carboxylic acids is 1. The number of carbonyl (C=O) groups excluding carboxylic acids is 1. The number of carboxylic acids is 2. The van der Waals surface area contributed by atoms with Gasteiger partial charge in [0.15, 0.2) is 5.78 Å². The molecule has 2 N–H and O–H groups in total. The van der Waals surface area contributed by atoms with E-state index in [1.807, 2.05) is 13.0 Å². The van der Waals surface area contributed by atoms with Gasteiger partial charge < -0.3 is 10.2 Å². The average molecular weight is 437 g/mol. The standard InChI is InChI=1S/C25H21ClO5/c1-15-16(5-4-8-19(15)23(27)17-9-12-18(26)13-10-17)11-14-22(25(30)31)20-6-2-3-7-21(20)24(28)29/h2-10,12-13,22H,11,14H2,1H3,(H,28,29)(H,30,31). The Bertz CT molecular complexity index is 1130. The van der Waals surface area contributed by atoms with Crippen molar-refractivity contribution < 1.29 is 24.6 Å². The third kappa shape index (κ3) is 5.01. The van der Waals surface area contributed by atoms with Crippen molar-refractivity contribution >= 4 is 29.3 Å². The van der Waals surface area contributed by atoms with Crippen molar-refractivity contribution in [2.45, 2.75) is 25.7 Å². The first-order valence-electron chi connectivity index (χ1n) is 9.73. The van der Waals surface area contributed by atoms with Gasteiger partial charge in [-0.1, -0.05) is 48.0 Å². The topological polar surface area (TPSA) is 91.7 Å². The van der Waals surface area contributed by atoms with Crippen LogP contribution >= 0.6 is 11.6 Å². The predicted molar refractivity (Wildman–Crippen MR) is 118 cm³/mol. The molecule has 0 bridgehead atoms. The first-order valence-corrected chi connectivity index (χ1v) is 10.1. The number of carboxylic acid groups (broad SMARTS) is 2.